The second-order valence-corrected chi connectivity index (χ2v) is 7.61. The number of hydrogen-bond donors (Lipinski definition) is 0. The molecule has 2 aromatic heterocycles. The summed E-state index contributed by atoms with van der Waals surface area (Å²) in [5, 5.41) is 4.77. The largest absolute Gasteiger partial charge is 0.338 e. The quantitative estimate of drug-likeness (QED) is 0.293. The van der Waals surface area contributed by atoms with Gasteiger partial charge in [-0.3, -0.25) is 9.36 Å². The number of nitrogens with zero attached hydrogens (tertiary/aromatic N) is 4. The minimum absolute atomic E-state index is 0.142. The lowest BCUT2D eigenvalue weighted by molar-refractivity contribution is 0.391. The van der Waals surface area contributed by atoms with Crippen LogP contribution in [0.5, 0.6) is 0 Å². The van der Waals surface area contributed by atoms with Gasteiger partial charge in [0.1, 0.15) is 5.82 Å². The molecule has 6 nitrogen and oxygen atoms in total. The highest BCUT2D eigenvalue weighted by Crippen LogP contribution is 2.26. The van der Waals surface area contributed by atoms with E-state index in [0.29, 0.717) is 27.8 Å². The molecule has 0 bridgehead atoms. The van der Waals surface area contributed by atoms with Crippen LogP contribution in [0.3, 0.4) is 0 Å². The maximum absolute atomic E-state index is 14.6. The van der Waals surface area contributed by atoms with E-state index in [0.717, 1.165) is 5.56 Å². The zero-order valence-corrected chi connectivity index (χ0v) is 16.9. The van der Waals surface area contributed by atoms with Crippen LogP contribution in [0.1, 0.15) is 5.89 Å². The second kappa shape index (κ2) is 8.16. The number of aromatic nitrogens is 4. The molecule has 0 saturated heterocycles. The summed E-state index contributed by atoms with van der Waals surface area (Å²) in [5.74, 6) is 0.632. The molecule has 3 aromatic carbocycles. The molecular formula is C23H15FN4O2S. The fourth-order valence-corrected chi connectivity index (χ4v) is 4.04. The molecule has 0 aliphatic heterocycles. The van der Waals surface area contributed by atoms with Crippen LogP contribution in [0.4, 0.5) is 4.39 Å². The standard InChI is InChI=1S/C23H15FN4O2S/c24-17-11-5-7-13-19(17)28-22(29)16-10-4-6-12-18(16)25-23(28)31-14-20-26-21(27-30-20)15-8-2-1-3-9-15/h1-13H,14H2. The molecule has 152 valence electrons. The fraction of sp³-hybridized carbons (Fsp3) is 0.0435. The molecule has 8 heteroatoms. The Bertz CT molecular complexity index is 1430. The van der Waals surface area contributed by atoms with E-state index in [1.807, 2.05) is 30.3 Å². The number of hydrogen-bond acceptors (Lipinski definition) is 6. The Labute approximate surface area is 180 Å². The third kappa shape index (κ3) is 3.73. The maximum atomic E-state index is 14.6. The van der Waals surface area contributed by atoms with Crippen LogP contribution in [0.25, 0.3) is 28.0 Å². The van der Waals surface area contributed by atoms with Crippen LogP contribution in [-0.2, 0) is 5.75 Å². The topological polar surface area (TPSA) is 73.8 Å². The number of para-hydroxylation sites is 2. The molecule has 0 amide bonds. The molecule has 2 heterocycles. The van der Waals surface area contributed by atoms with Crippen molar-refractivity contribution in [3.05, 3.63) is 101 Å². The van der Waals surface area contributed by atoms with E-state index >= 15 is 0 Å². The van der Waals surface area contributed by atoms with Crippen molar-refractivity contribution in [3.8, 4) is 17.1 Å². The van der Waals surface area contributed by atoms with Crippen LogP contribution in [0.15, 0.2) is 93.3 Å². The molecule has 5 aromatic rings. The van der Waals surface area contributed by atoms with Gasteiger partial charge in [-0.2, -0.15) is 4.98 Å². The van der Waals surface area contributed by atoms with E-state index in [9.17, 15) is 9.18 Å². The summed E-state index contributed by atoms with van der Waals surface area (Å²) >= 11 is 1.23. The Morgan fingerprint density at radius 3 is 2.48 bits per heavy atom. The van der Waals surface area contributed by atoms with E-state index in [1.54, 1.807) is 42.5 Å². The van der Waals surface area contributed by atoms with Crippen LogP contribution in [0.2, 0.25) is 0 Å². The van der Waals surface area contributed by atoms with Gasteiger partial charge in [0.05, 0.1) is 22.3 Å². The summed E-state index contributed by atoms with van der Waals surface area (Å²) in [5.41, 5.74) is 1.19. The highest BCUT2D eigenvalue weighted by atomic mass is 32.2. The fourth-order valence-electron chi connectivity index (χ4n) is 3.20. The van der Waals surface area contributed by atoms with Gasteiger partial charge in [0.2, 0.25) is 11.7 Å². The highest BCUT2D eigenvalue weighted by molar-refractivity contribution is 7.98. The van der Waals surface area contributed by atoms with E-state index in [4.69, 9.17) is 4.52 Å². The molecule has 0 radical (unpaired) electrons. The molecule has 0 spiro atoms. The van der Waals surface area contributed by atoms with Crippen molar-refractivity contribution >= 4 is 22.7 Å². The van der Waals surface area contributed by atoms with Gasteiger partial charge in [0, 0.05) is 5.56 Å². The monoisotopic (exact) mass is 430 g/mol. The predicted molar refractivity (Wildman–Crippen MR) is 117 cm³/mol. The lowest BCUT2D eigenvalue weighted by atomic mass is 10.2. The van der Waals surface area contributed by atoms with E-state index in [-0.39, 0.29) is 17.0 Å². The van der Waals surface area contributed by atoms with Gasteiger partial charge >= 0.3 is 0 Å². The van der Waals surface area contributed by atoms with Crippen molar-refractivity contribution in [2.75, 3.05) is 0 Å². The zero-order chi connectivity index (χ0) is 21.2. The third-order valence-electron chi connectivity index (χ3n) is 4.66. The SMILES string of the molecule is O=c1c2ccccc2nc(SCc2nc(-c3ccccc3)no2)n1-c1ccccc1F. The average molecular weight is 430 g/mol. The normalized spacial score (nSPS) is 11.1. The Morgan fingerprint density at radius 2 is 1.65 bits per heavy atom. The van der Waals surface area contributed by atoms with Gasteiger partial charge in [-0.05, 0) is 24.3 Å². The van der Waals surface area contributed by atoms with Crippen LogP contribution < -0.4 is 5.56 Å². The van der Waals surface area contributed by atoms with E-state index < -0.39 is 5.82 Å². The molecule has 0 atom stereocenters. The molecule has 5 rings (SSSR count). The van der Waals surface area contributed by atoms with Crippen molar-refractivity contribution in [1.82, 2.24) is 19.7 Å². The summed E-state index contributed by atoms with van der Waals surface area (Å²) < 4.78 is 21.2. The van der Waals surface area contributed by atoms with Gasteiger partial charge in [0.15, 0.2) is 5.16 Å². The lowest BCUT2D eigenvalue weighted by Gasteiger charge is -2.13. The summed E-state index contributed by atoms with van der Waals surface area (Å²) in [7, 11) is 0. The van der Waals surface area contributed by atoms with Gasteiger partial charge in [-0.15, -0.1) is 0 Å². The van der Waals surface area contributed by atoms with E-state index in [2.05, 4.69) is 15.1 Å². The Morgan fingerprint density at radius 1 is 0.903 bits per heavy atom. The first-order chi connectivity index (χ1) is 15.2. The second-order valence-electron chi connectivity index (χ2n) is 6.67. The van der Waals surface area contributed by atoms with Crippen molar-refractivity contribution in [2.24, 2.45) is 0 Å². The Kier molecular flexibility index (Phi) is 5.05. The minimum atomic E-state index is -0.507. The van der Waals surface area contributed by atoms with Crippen molar-refractivity contribution in [1.29, 1.82) is 0 Å². The number of thioether (sulfide) groups is 1. The first kappa shape index (κ1) is 19.2. The van der Waals surface area contributed by atoms with Gasteiger partial charge in [0.25, 0.3) is 5.56 Å². The third-order valence-corrected chi connectivity index (χ3v) is 5.59. The van der Waals surface area contributed by atoms with Gasteiger partial charge < -0.3 is 4.52 Å². The summed E-state index contributed by atoms with van der Waals surface area (Å²) in [4.78, 5) is 22.2. The van der Waals surface area contributed by atoms with Crippen molar-refractivity contribution < 1.29 is 8.91 Å². The first-order valence-corrected chi connectivity index (χ1v) is 10.5. The number of halogens is 1. The number of fused-ring (bicyclic) bond motifs is 1. The molecular weight excluding hydrogens is 415 g/mol. The molecule has 31 heavy (non-hydrogen) atoms. The maximum Gasteiger partial charge on any atom is 0.266 e. The molecule has 0 fully saturated rings. The van der Waals surface area contributed by atoms with Crippen LogP contribution in [0, 0.1) is 5.82 Å². The van der Waals surface area contributed by atoms with Crippen LogP contribution in [-0.4, -0.2) is 19.7 Å². The molecule has 0 aliphatic rings. The smallest absolute Gasteiger partial charge is 0.266 e. The van der Waals surface area contributed by atoms with Crippen LogP contribution >= 0.6 is 11.8 Å². The Balaban J connectivity index is 1.54. The average Bonchev–Trinajstić information content (AvgIpc) is 3.28. The summed E-state index contributed by atoms with van der Waals surface area (Å²) in [6.45, 7) is 0. The molecule has 0 unspecified atom stereocenters. The lowest BCUT2D eigenvalue weighted by Crippen LogP contribution is -2.22. The summed E-state index contributed by atoms with van der Waals surface area (Å²) in [6, 6.07) is 22.6. The first-order valence-electron chi connectivity index (χ1n) is 9.48. The number of benzene rings is 3. The molecule has 0 aliphatic carbocycles. The van der Waals surface area contributed by atoms with E-state index in [1.165, 1.54) is 22.4 Å². The molecule has 0 N–H and O–H groups in total. The van der Waals surface area contributed by atoms with Crippen molar-refractivity contribution in [3.63, 3.8) is 0 Å². The Hall–Kier alpha value is -3.78. The summed E-state index contributed by atoms with van der Waals surface area (Å²) in [6.07, 6.45) is 0. The zero-order valence-electron chi connectivity index (χ0n) is 16.1. The van der Waals surface area contributed by atoms with Gasteiger partial charge in [-0.1, -0.05) is 71.5 Å². The predicted octanol–water partition coefficient (Wildman–Crippen LogP) is 4.87. The van der Waals surface area contributed by atoms with Gasteiger partial charge in [-0.25, -0.2) is 9.37 Å². The van der Waals surface area contributed by atoms with Crippen molar-refractivity contribution in [2.45, 2.75) is 10.9 Å². The molecule has 0 saturated carbocycles. The highest BCUT2D eigenvalue weighted by Gasteiger charge is 2.17. The minimum Gasteiger partial charge on any atom is -0.338 e. The number of rotatable bonds is 5.